The van der Waals surface area contributed by atoms with Crippen molar-refractivity contribution in [2.45, 2.75) is 31.6 Å². The van der Waals surface area contributed by atoms with E-state index in [4.69, 9.17) is 0 Å². The fourth-order valence-electron chi connectivity index (χ4n) is 3.99. The number of fused-ring (bicyclic) bond motifs is 2. The van der Waals surface area contributed by atoms with E-state index >= 15 is 0 Å². The van der Waals surface area contributed by atoms with Crippen LogP contribution in [0.15, 0.2) is 53.0 Å². The lowest BCUT2D eigenvalue weighted by Crippen LogP contribution is -2.35. The summed E-state index contributed by atoms with van der Waals surface area (Å²) in [5.74, 6) is 0. The van der Waals surface area contributed by atoms with E-state index in [-0.39, 0.29) is 11.4 Å². The third kappa shape index (κ3) is 3.14. The Morgan fingerprint density at radius 2 is 2.04 bits per heavy atom. The fourth-order valence-corrected chi connectivity index (χ4v) is 5.33. The molecule has 1 aliphatic heterocycles. The number of aryl methyl sites for hydroxylation is 1. The van der Waals surface area contributed by atoms with Crippen LogP contribution in [0.2, 0.25) is 0 Å². The van der Waals surface area contributed by atoms with E-state index < -0.39 is 0 Å². The van der Waals surface area contributed by atoms with Crippen molar-refractivity contribution in [1.82, 2.24) is 4.98 Å². The van der Waals surface area contributed by atoms with E-state index in [1.165, 1.54) is 16.0 Å². The molecule has 0 radical (unpaired) electrons. The molecular weight excluding hydrogens is 434 g/mol. The molecule has 0 saturated heterocycles. The van der Waals surface area contributed by atoms with Gasteiger partial charge in [-0.15, -0.1) is 11.3 Å². The van der Waals surface area contributed by atoms with Crippen LogP contribution in [-0.4, -0.2) is 17.6 Å². The average molecular weight is 454 g/mol. The summed E-state index contributed by atoms with van der Waals surface area (Å²) in [5, 5.41) is 3.70. The maximum absolute atomic E-state index is 13.0. The maximum Gasteiger partial charge on any atom is 0.328 e. The second-order valence-corrected chi connectivity index (χ2v) is 9.65. The number of thiazole rings is 1. The molecule has 1 N–H and O–H groups in total. The number of aromatic nitrogens is 1. The van der Waals surface area contributed by atoms with Gasteiger partial charge in [0.15, 0.2) is 5.13 Å². The van der Waals surface area contributed by atoms with Crippen LogP contribution in [0, 0.1) is 6.92 Å². The number of rotatable bonds is 3. The Balaban J connectivity index is 1.36. The van der Waals surface area contributed by atoms with Crippen LogP contribution >= 0.6 is 27.3 Å². The fraction of sp³-hybridized carbons (Fsp3) is 0.273. The standard InChI is InChI=1S/C22H20BrN3OS/c1-14-19(11-15-5-3-2-4-6-15)28-20(24-14)25-21(27)26-13-22(9-10-22)17-8-7-16(23)12-18(17)26/h2-8,12H,9-11,13H2,1H3,(H,24,25,27). The van der Waals surface area contributed by atoms with Crippen molar-refractivity contribution in [2.75, 3.05) is 16.8 Å². The summed E-state index contributed by atoms with van der Waals surface area (Å²) in [7, 11) is 0. The third-order valence-corrected chi connectivity index (χ3v) is 7.26. The highest BCUT2D eigenvalue weighted by Gasteiger charge is 2.53. The molecule has 0 unspecified atom stereocenters. The molecule has 1 fully saturated rings. The first-order chi connectivity index (χ1) is 13.5. The van der Waals surface area contributed by atoms with Crippen LogP contribution in [0.3, 0.4) is 0 Å². The molecule has 28 heavy (non-hydrogen) atoms. The first-order valence-corrected chi connectivity index (χ1v) is 11.0. The molecule has 1 aromatic heterocycles. The maximum atomic E-state index is 13.0. The lowest BCUT2D eigenvalue weighted by atomic mass is 9.99. The van der Waals surface area contributed by atoms with Gasteiger partial charge in [0.25, 0.3) is 0 Å². The van der Waals surface area contributed by atoms with Crippen LogP contribution < -0.4 is 10.2 Å². The van der Waals surface area contributed by atoms with E-state index in [1.54, 1.807) is 11.3 Å². The molecule has 1 spiro atoms. The van der Waals surface area contributed by atoms with Crippen LogP contribution in [0.5, 0.6) is 0 Å². The number of hydrogen-bond donors (Lipinski definition) is 1. The van der Waals surface area contributed by atoms with Crippen LogP contribution in [0.4, 0.5) is 15.6 Å². The zero-order chi connectivity index (χ0) is 19.3. The molecule has 2 aliphatic rings. The van der Waals surface area contributed by atoms with Crippen molar-refractivity contribution < 1.29 is 4.79 Å². The van der Waals surface area contributed by atoms with Crippen LogP contribution in [0.25, 0.3) is 0 Å². The number of carbonyl (C=O) groups is 1. The van der Waals surface area contributed by atoms with Crippen molar-refractivity contribution in [3.05, 3.63) is 74.7 Å². The van der Waals surface area contributed by atoms with Crippen molar-refractivity contribution in [3.63, 3.8) is 0 Å². The van der Waals surface area contributed by atoms with Crippen molar-refractivity contribution in [2.24, 2.45) is 0 Å². The van der Waals surface area contributed by atoms with Crippen molar-refractivity contribution in [3.8, 4) is 0 Å². The van der Waals surface area contributed by atoms with Gasteiger partial charge >= 0.3 is 6.03 Å². The summed E-state index contributed by atoms with van der Waals surface area (Å²) < 4.78 is 0.997. The van der Waals surface area contributed by atoms with Gasteiger partial charge in [0.2, 0.25) is 0 Å². The lowest BCUT2D eigenvalue weighted by molar-refractivity contribution is 0.257. The molecule has 3 aromatic rings. The number of benzene rings is 2. The van der Waals surface area contributed by atoms with Crippen LogP contribution in [-0.2, 0) is 11.8 Å². The largest absolute Gasteiger partial charge is 0.328 e. The van der Waals surface area contributed by atoms with Gasteiger partial charge in [-0.1, -0.05) is 52.3 Å². The van der Waals surface area contributed by atoms with E-state index in [0.29, 0.717) is 5.13 Å². The molecule has 1 aliphatic carbocycles. The Bertz CT molecular complexity index is 1060. The SMILES string of the molecule is Cc1nc(NC(=O)N2CC3(CC3)c3ccc(Br)cc32)sc1Cc1ccccc1. The quantitative estimate of drug-likeness (QED) is 0.537. The van der Waals surface area contributed by atoms with Gasteiger partial charge in [0, 0.05) is 27.7 Å². The normalized spacial score (nSPS) is 16.3. The first kappa shape index (κ1) is 17.9. The predicted octanol–water partition coefficient (Wildman–Crippen LogP) is 5.89. The Labute approximate surface area is 176 Å². The zero-order valence-electron chi connectivity index (χ0n) is 15.5. The van der Waals surface area contributed by atoms with Gasteiger partial charge in [-0.25, -0.2) is 9.78 Å². The number of urea groups is 1. The monoisotopic (exact) mass is 453 g/mol. The molecule has 0 bridgehead atoms. The summed E-state index contributed by atoms with van der Waals surface area (Å²) >= 11 is 5.10. The number of nitrogens with one attached hydrogen (secondary N) is 1. The molecule has 5 rings (SSSR count). The molecule has 2 heterocycles. The van der Waals surface area contributed by atoms with Gasteiger partial charge in [0.1, 0.15) is 0 Å². The molecule has 142 valence electrons. The molecule has 0 atom stereocenters. The smallest absolute Gasteiger partial charge is 0.293 e. The molecular formula is C22H20BrN3OS. The van der Waals surface area contributed by atoms with Crippen molar-refractivity contribution >= 4 is 44.1 Å². The number of nitrogens with zero attached hydrogens (tertiary/aromatic N) is 2. The van der Waals surface area contributed by atoms with Gasteiger partial charge in [0.05, 0.1) is 11.4 Å². The minimum atomic E-state index is -0.0943. The number of halogens is 1. The van der Waals surface area contributed by atoms with E-state index in [1.807, 2.05) is 30.0 Å². The van der Waals surface area contributed by atoms with Crippen molar-refractivity contribution in [1.29, 1.82) is 0 Å². The molecule has 6 heteroatoms. The van der Waals surface area contributed by atoms with Gasteiger partial charge < -0.3 is 0 Å². The number of hydrogen-bond acceptors (Lipinski definition) is 3. The Hall–Kier alpha value is -2.18. The van der Waals surface area contributed by atoms with E-state index in [2.05, 4.69) is 56.6 Å². The van der Waals surface area contributed by atoms with Crippen LogP contribution in [0.1, 0.15) is 34.5 Å². The molecule has 2 amide bonds. The Morgan fingerprint density at radius 3 is 2.79 bits per heavy atom. The van der Waals surface area contributed by atoms with Gasteiger partial charge in [-0.3, -0.25) is 10.2 Å². The second-order valence-electron chi connectivity index (χ2n) is 7.65. The third-order valence-electron chi connectivity index (χ3n) is 5.70. The predicted molar refractivity (Wildman–Crippen MR) is 118 cm³/mol. The second kappa shape index (κ2) is 6.71. The van der Waals surface area contributed by atoms with E-state index in [0.717, 1.165) is 41.7 Å². The summed E-state index contributed by atoms with van der Waals surface area (Å²) in [6.45, 7) is 2.76. The minimum Gasteiger partial charge on any atom is -0.293 e. The van der Waals surface area contributed by atoms with E-state index in [9.17, 15) is 4.79 Å². The highest BCUT2D eigenvalue weighted by molar-refractivity contribution is 9.10. The average Bonchev–Trinajstić information content (AvgIpc) is 3.28. The van der Waals surface area contributed by atoms with Gasteiger partial charge in [-0.05, 0) is 43.0 Å². The zero-order valence-corrected chi connectivity index (χ0v) is 17.9. The minimum absolute atomic E-state index is 0.0943. The number of anilines is 2. The molecule has 1 saturated carbocycles. The topological polar surface area (TPSA) is 45.2 Å². The number of amides is 2. The summed E-state index contributed by atoms with van der Waals surface area (Å²) in [5.41, 5.74) is 4.71. The molecule has 4 nitrogen and oxygen atoms in total. The summed E-state index contributed by atoms with van der Waals surface area (Å²) in [6.07, 6.45) is 3.15. The molecule has 2 aromatic carbocycles. The number of carbonyl (C=O) groups excluding carboxylic acids is 1. The Morgan fingerprint density at radius 1 is 1.25 bits per heavy atom. The van der Waals surface area contributed by atoms with Gasteiger partial charge in [-0.2, -0.15) is 0 Å². The Kier molecular flexibility index (Phi) is 4.29. The lowest BCUT2D eigenvalue weighted by Gasteiger charge is -2.17. The first-order valence-electron chi connectivity index (χ1n) is 9.43. The summed E-state index contributed by atoms with van der Waals surface area (Å²) in [4.78, 5) is 20.7. The summed E-state index contributed by atoms with van der Waals surface area (Å²) in [6, 6.07) is 16.5. The highest BCUT2D eigenvalue weighted by Crippen LogP contribution is 2.56. The highest BCUT2D eigenvalue weighted by atomic mass is 79.9.